The number of carbonyl (C=O) groups is 1. The Morgan fingerprint density at radius 1 is 1.13 bits per heavy atom. The van der Waals surface area contributed by atoms with Crippen molar-refractivity contribution in [2.75, 3.05) is 26.2 Å². The van der Waals surface area contributed by atoms with Crippen LogP contribution in [0.4, 0.5) is 4.79 Å². The number of unbranched alkanes of at least 4 members (excludes halogenated alkanes) is 2. The molecule has 0 radical (unpaired) electrons. The van der Waals surface area contributed by atoms with Crippen molar-refractivity contribution in [2.24, 2.45) is 0 Å². The molecule has 15 heavy (non-hydrogen) atoms. The van der Waals surface area contributed by atoms with Gasteiger partial charge in [-0.25, -0.2) is 4.79 Å². The molecule has 0 spiro atoms. The van der Waals surface area contributed by atoms with Crippen LogP contribution in [0.1, 0.15) is 39.5 Å². The summed E-state index contributed by atoms with van der Waals surface area (Å²) in [4.78, 5) is 11.1. The second-order valence-corrected chi connectivity index (χ2v) is 3.48. The van der Waals surface area contributed by atoms with Gasteiger partial charge in [-0.05, 0) is 32.4 Å². The molecule has 4 heteroatoms. The van der Waals surface area contributed by atoms with E-state index in [9.17, 15) is 4.79 Å². The topological polar surface area (TPSA) is 50.4 Å². The van der Waals surface area contributed by atoms with Crippen molar-refractivity contribution in [3.05, 3.63) is 0 Å². The second kappa shape index (κ2) is 11.3. The van der Waals surface area contributed by atoms with Crippen molar-refractivity contribution in [3.63, 3.8) is 0 Å². The molecule has 0 aliphatic carbocycles. The first-order chi connectivity index (χ1) is 7.31. The highest BCUT2D eigenvalue weighted by molar-refractivity contribution is 5.66. The lowest BCUT2D eigenvalue weighted by atomic mass is 10.3. The SMILES string of the molecule is CCCCNC(=O)OCCCCNCC. The van der Waals surface area contributed by atoms with Gasteiger partial charge in [-0.3, -0.25) is 0 Å². The maximum absolute atomic E-state index is 11.1. The van der Waals surface area contributed by atoms with Crippen molar-refractivity contribution in [3.8, 4) is 0 Å². The van der Waals surface area contributed by atoms with Gasteiger partial charge in [0.25, 0.3) is 0 Å². The number of carbonyl (C=O) groups excluding carboxylic acids is 1. The predicted octanol–water partition coefficient (Wildman–Crippen LogP) is 1.90. The van der Waals surface area contributed by atoms with E-state index in [1.54, 1.807) is 0 Å². The molecule has 0 rings (SSSR count). The van der Waals surface area contributed by atoms with E-state index in [1.165, 1.54) is 0 Å². The first-order valence-electron chi connectivity index (χ1n) is 5.92. The highest BCUT2D eigenvalue weighted by atomic mass is 16.5. The van der Waals surface area contributed by atoms with Crippen LogP contribution >= 0.6 is 0 Å². The lowest BCUT2D eigenvalue weighted by Gasteiger charge is -2.06. The largest absolute Gasteiger partial charge is 0.450 e. The normalized spacial score (nSPS) is 10.0. The standard InChI is InChI=1S/C11H24N2O2/c1-3-5-9-13-11(14)15-10-7-6-8-12-4-2/h12H,3-10H2,1-2H3,(H,13,14). The van der Waals surface area contributed by atoms with Crippen LogP contribution in [0.2, 0.25) is 0 Å². The summed E-state index contributed by atoms with van der Waals surface area (Å²) in [6.07, 6.45) is 3.79. The molecule has 0 unspecified atom stereocenters. The van der Waals surface area contributed by atoms with E-state index in [-0.39, 0.29) is 6.09 Å². The molecule has 2 N–H and O–H groups in total. The van der Waals surface area contributed by atoms with Crippen LogP contribution in [0.15, 0.2) is 0 Å². The predicted molar refractivity (Wildman–Crippen MR) is 62.0 cm³/mol. The summed E-state index contributed by atoms with van der Waals surface area (Å²) >= 11 is 0. The van der Waals surface area contributed by atoms with Gasteiger partial charge in [-0.1, -0.05) is 20.3 Å². The van der Waals surface area contributed by atoms with Gasteiger partial charge in [0, 0.05) is 6.54 Å². The lowest BCUT2D eigenvalue weighted by molar-refractivity contribution is 0.144. The Kier molecular flexibility index (Phi) is 10.7. The van der Waals surface area contributed by atoms with Crippen LogP contribution < -0.4 is 10.6 Å². The zero-order valence-corrected chi connectivity index (χ0v) is 9.97. The van der Waals surface area contributed by atoms with Crippen LogP contribution in [-0.4, -0.2) is 32.3 Å². The summed E-state index contributed by atoms with van der Waals surface area (Å²) in [6.45, 7) is 7.40. The average molecular weight is 216 g/mol. The molecule has 0 aromatic rings. The van der Waals surface area contributed by atoms with Crippen LogP contribution in [0.5, 0.6) is 0 Å². The smallest absolute Gasteiger partial charge is 0.407 e. The second-order valence-electron chi connectivity index (χ2n) is 3.48. The summed E-state index contributed by atoms with van der Waals surface area (Å²) in [5, 5.41) is 5.93. The lowest BCUT2D eigenvalue weighted by Crippen LogP contribution is -2.25. The number of ether oxygens (including phenoxy) is 1. The molecular weight excluding hydrogens is 192 g/mol. The summed E-state index contributed by atoms with van der Waals surface area (Å²) in [5.41, 5.74) is 0. The average Bonchev–Trinajstić information content (AvgIpc) is 2.23. The maximum atomic E-state index is 11.1. The number of amides is 1. The van der Waals surface area contributed by atoms with Crippen LogP contribution in [0.3, 0.4) is 0 Å². The first kappa shape index (κ1) is 14.2. The van der Waals surface area contributed by atoms with Gasteiger partial charge in [0.15, 0.2) is 0 Å². The number of hydrogen-bond acceptors (Lipinski definition) is 3. The van der Waals surface area contributed by atoms with Gasteiger partial charge < -0.3 is 15.4 Å². The van der Waals surface area contributed by atoms with E-state index in [1.807, 2.05) is 0 Å². The number of hydrogen-bond donors (Lipinski definition) is 2. The zero-order chi connectivity index (χ0) is 11.4. The highest BCUT2D eigenvalue weighted by Crippen LogP contribution is 1.90. The molecular formula is C11H24N2O2. The van der Waals surface area contributed by atoms with Crippen molar-refractivity contribution < 1.29 is 9.53 Å². The minimum Gasteiger partial charge on any atom is -0.450 e. The first-order valence-corrected chi connectivity index (χ1v) is 5.92. The van der Waals surface area contributed by atoms with Crippen LogP contribution in [0, 0.1) is 0 Å². The van der Waals surface area contributed by atoms with E-state index < -0.39 is 0 Å². The molecule has 4 nitrogen and oxygen atoms in total. The van der Waals surface area contributed by atoms with Gasteiger partial charge in [0.2, 0.25) is 0 Å². The maximum Gasteiger partial charge on any atom is 0.407 e. The molecule has 0 aliphatic heterocycles. The Bertz CT molecular complexity index is 152. The van der Waals surface area contributed by atoms with Crippen molar-refractivity contribution in [1.82, 2.24) is 10.6 Å². The fraction of sp³-hybridized carbons (Fsp3) is 0.909. The minimum absolute atomic E-state index is 0.285. The number of alkyl carbamates (subject to hydrolysis) is 1. The van der Waals surface area contributed by atoms with Crippen molar-refractivity contribution in [1.29, 1.82) is 0 Å². The van der Waals surface area contributed by atoms with E-state index in [4.69, 9.17) is 4.74 Å². The minimum atomic E-state index is -0.285. The highest BCUT2D eigenvalue weighted by Gasteiger charge is 1.99. The Morgan fingerprint density at radius 2 is 1.93 bits per heavy atom. The van der Waals surface area contributed by atoms with E-state index in [0.717, 1.165) is 38.8 Å². The van der Waals surface area contributed by atoms with Gasteiger partial charge in [0.1, 0.15) is 0 Å². The van der Waals surface area contributed by atoms with Crippen molar-refractivity contribution >= 4 is 6.09 Å². The molecule has 0 bridgehead atoms. The number of rotatable bonds is 9. The Morgan fingerprint density at radius 3 is 2.60 bits per heavy atom. The van der Waals surface area contributed by atoms with Gasteiger partial charge in [-0.2, -0.15) is 0 Å². The molecule has 1 amide bonds. The third kappa shape index (κ3) is 11.2. The summed E-state index contributed by atoms with van der Waals surface area (Å²) in [5.74, 6) is 0. The number of nitrogens with one attached hydrogen (secondary N) is 2. The summed E-state index contributed by atoms with van der Waals surface area (Å²) in [6, 6.07) is 0. The molecule has 0 atom stereocenters. The van der Waals surface area contributed by atoms with Gasteiger partial charge in [0.05, 0.1) is 6.61 Å². The zero-order valence-electron chi connectivity index (χ0n) is 9.97. The molecule has 0 heterocycles. The van der Waals surface area contributed by atoms with Crippen molar-refractivity contribution in [2.45, 2.75) is 39.5 Å². The molecule has 90 valence electrons. The third-order valence-corrected chi connectivity index (χ3v) is 2.03. The van der Waals surface area contributed by atoms with E-state index >= 15 is 0 Å². The van der Waals surface area contributed by atoms with Gasteiger partial charge >= 0.3 is 6.09 Å². The fourth-order valence-electron chi connectivity index (χ4n) is 1.11. The summed E-state index contributed by atoms with van der Waals surface area (Å²) < 4.78 is 4.99. The molecule has 0 saturated carbocycles. The van der Waals surface area contributed by atoms with Gasteiger partial charge in [-0.15, -0.1) is 0 Å². The molecule has 0 aromatic heterocycles. The van der Waals surface area contributed by atoms with Crippen LogP contribution in [0.25, 0.3) is 0 Å². The molecule has 0 aliphatic rings. The Balaban J connectivity index is 3.10. The third-order valence-electron chi connectivity index (χ3n) is 2.03. The van der Waals surface area contributed by atoms with E-state index in [2.05, 4.69) is 24.5 Å². The van der Waals surface area contributed by atoms with E-state index in [0.29, 0.717) is 13.2 Å². The summed E-state index contributed by atoms with van der Waals surface area (Å²) in [7, 11) is 0. The van der Waals surface area contributed by atoms with Crippen LogP contribution in [-0.2, 0) is 4.74 Å². The quantitative estimate of drug-likeness (QED) is 0.579. The Labute approximate surface area is 92.8 Å². The molecule has 0 aromatic carbocycles. The monoisotopic (exact) mass is 216 g/mol. The fourth-order valence-corrected chi connectivity index (χ4v) is 1.11. The Hall–Kier alpha value is -0.770. The molecule has 0 saturated heterocycles. The molecule has 0 fully saturated rings.